The summed E-state index contributed by atoms with van der Waals surface area (Å²) in [5.41, 5.74) is 5.02. The minimum Gasteiger partial charge on any atom is -0.497 e. The molecule has 5 heteroatoms. The number of nitrogens with zero attached hydrogens (tertiary/aromatic N) is 1. The van der Waals surface area contributed by atoms with Crippen LogP contribution in [0.2, 0.25) is 0 Å². The van der Waals surface area contributed by atoms with Gasteiger partial charge in [-0.15, -0.1) is 0 Å². The lowest BCUT2D eigenvalue weighted by Crippen LogP contribution is -2.19. The molecule has 0 amide bonds. The highest BCUT2D eigenvalue weighted by Gasteiger charge is 2.30. The number of fused-ring (bicyclic) bond motifs is 5. The molecule has 2 aromatic carbocycles. The first-order valence-electron chi connectivity index (χ1n) is 10.1. The molecular weight excluding hydrogens is 366 g/mol. The summed E-state index contributed by atoms with van der Waals surface area (Å²) in [6, 6.07) is 10.3. The molecule has 1 atom stereocenters. The van der Waals surface area contributed by atoms with Crippen LogP contribution in [-0.4, -0.2) is 32.2 Å². The van der Waals surface area contributed by atoms with E-state index in [9.17, 15) is 4.79 Å². The minimum atomic E-state index is 0.277. The Hall–Kier alpha value is -2.95. The summed E-state index contributed by atoms with van der Waals surface area (Å²) in [7, 11) is 4.94. The molecule has 0 N–H and O–H groups in total. The van der Waals surface area contributed by atoms with Crippen molar-refractivity contribution in [1.29, 1.82) is 0 Å². The zero-order chi connectivity index (χ0) is 20.5. The number of hydrogen-bond acceptors (Lipinski definition) is 4. The van der Waals surface area contributed by atoms with Crippen LogP contribution in [0, 0.1) is 0 Å². The Kier molecular flexibility index (Phi) is 5.22. The predicted octanol–water partition coefficient (Wildman–Crippen LogP) is 5.43. The van der Waals surface area contributed by atoms with Gasteiger partial charge in [0.05, 0.1) is 32.5 Å². The van der Waals surface area contributed by atoms with Crippen LogP contribution in [0.3, 0.4) is 0 Å². The average molecular weight is 393 g/mol. The molecule has 1 aliphatic rings. The van der Waals surface area contributed by atoms with E-state index in [1.54, 1.807) is 21.3 Å². The van der Waals surface area contributed by atoms with E-state index in [-0.39, 0.29) is 6.04 Å². The smallest absolute Gasteiger partial charge is 0.162 e. The molecule has 0 aliphatic carbocycles. The summed E-state index contributed by atoms with van der Waals surface area (Å²) in [6.07, 6.45) is 5.20. The van der Waals surface area contributed by atoms with Gasteiger partial charge in [0.15, 0.2) is 17.8 Å². The Labute approximate surface area is 171 Å². The molecule has 4 rings (SSSR count). The SMILES string of the molecule is CCCCC1Cc2cc(OC)ccc2-c2c(C=O)c3cc(OC)c(OC)cc3n21. The predicted molar refractivity (Wildman–Crippen MR) is 115 cm³/mol. The van der Waals surface area contributed by atoms with Crippen molar-refractivity contribution >= 4 is 17.2 Å². The molecule has 29 heavy (non-hydrogen) atoms. The third-order valence-corrected chi connectivity index (χ3v) is 5.94. The summed E-state index contributed by atoms with van der Waals surface area (Å²) in [6.45, 7) is 2.21. The van der Waals surface area contributed by atoms with Crippen LogP contribution < -0.4 is 14.2 Å². The van der Waals surface area contributed by atoms with Gasteiger partial charge in [0.2, 0.25) is 0 Å². The maximum absolute atomic E-state index is 12.3. The monoisotopic (exact) mass is 393 g/mol. The van der Waals surface area contributed by atoms with Crippen LogP contribution in [-0.2, 0) is 6.42 Å². The van der Waals surface area contributed by atoms with Crippen molar-refractivity contribution in [2.24, 2.45) is 0 Å². The fourth-order valence-electron chi connectivity index (χ4n) is 4.55. The van der Waals surface area contributed by atoms with Crippen molar-refractivity contribution in [3.8, 4) is 28.5 Å². The largest absolute Gasteiger partial charge is 0.497 e. The highest BCUT2D eigenvalue weighted by molar-refractivity contribution is 6.06. The van der Waals surface area contributed by atoms with Gasteiger partial charge in [-0.2, -0.15) is 0 Å². The Morgan fingerprint density at radius 2 is 1.83 bits per heavy atom. The molecule has 1 unspecified atom stereocenters. The molecule has 0 radical (unpaired) electrons. The molecule has 3 aromatic rings. The zero-order valence-corrected chi connectivity index (χ0v) is 17.5. The Morgan fingerprint density at radius 1 is 1.07 bits per heavy atom. The minimum absolute atomic E-state index is 0.277. The van der Waals surface area contributed by atoms with Crippen molar-refractivity contribution in [2.45, 2.75) is 38.6 Å². The first-order valence-corrected chi connectivity index (χ1v) is 10.1. The third-order valence-electron chi connectivity index (χ3n) is 5.94. The molecule has 1 aliphatic heterocycles. The second-order valence-electron chi connectivity index (χ2n) is 7.50. The average Bonchev–Trinajstić information content (AvgIpc) is 3.09. The summed E-state index contributed by atoms with van der Waals surface area (Å²) in [5, 5.41) is 0.901. The Bertz CT molecular complexity index is 1070. The number of unbranched alkanes of at least 4 members (excludes halogenated alkanes) is 1. The number of ether oxygens (including phenoxy) is 3. The first kappa shape index (κ1) is 19.4. The van der Waals surface area contributed by atoms with Crippen LogP contribution in [0.4, 0.5) is 0 Å². The Morgan fingerprint density at radius 3 is 2.48 bits per heavy atom. The fourth-order valence-corrected chi connectivity index (χ4v) is 4.55. The van der Waals surface area contributed by atoms with Gasteiger partial charge in [0.1, 0.15) is 5.75 Å². The maximum atomic E-state index is 12.3. The molecule has 5 nitrogen and oxygen atoms in total. The lowest BCUT2D eigenvalue weighted by molar-refractivity contribution is 0.112. The number of aromatic nitrogens is 1. The van der Waals surface area contributed by atoms with Crippen LogP contribution in [0.5, 0.6) is 17.2 Å². The summed E-state index contributed by atoms with van der Waals surface area (Å²) in [5.74, 6) is 2.15. The highest BCUT2D eigenvalue weighted by Crippen LogP contribution is 2.46. The van der Waals surface area contributed by atoms with Gasteiger partial charge in [0.25, 0.3) is 0 Å². The molecule has 1 aromatic heterocycles. The third kappa shape index (κ3) is 3.05. The maximum Gasteiger partial charge on any atom is 0.162 e. The number of methoxy groups -OCH3 is 3. The summed E-state index contributed by atoms with van der Waals surface area (Å²) >= 11 is 0. The molecule has 0 saturated heterocycles. The van der Waals surface area contributed by atoms with Crippen molar-refractivity contribution in [3.05, 3.63) is 41.5 Å². The van der Waals surface area contributed by atoms with Gasteiger partial charge in [-0.3, -0.25) is 4.79 Å². The van der Waals surface area contributed by atoms with Crippen molar-refractivity contribution in [1.82, 2.24) is 4.57 Å². The van der Waals surface area contributed by atoms with Gasteiger partial charge in [0, 0.05) is 28.6 Å². The van der Waals surface area contributed by atoms with E-state index in [1.807, 2.05) is 18.2 Å². The van der Waals surface area contributed by atoms with Crippen molar-refractivity contribution in [3.63, 3.8) is 0 Å². The second kappa shape index (κ2) is 7.82. The standard InChI is InChI=1S/C24H27NO4/c1-5-6-7-16-10-15-11-17(27-2)8-9-18(15)24-20(14-26)19-12-22(28-3)23(29-4)13-21(19)25(16)24/h8-9,11-14,16H,5-7,10H2,1-4H3. The number of rotatable bonds is 7. The van der Waals surface area contributed by atoms with Crippen LogP contribution in [0.1, 0.15) is 48.1 Å². The number of hydrogen-bond donors (Lipinski definition) is 0. The van der Waals surface area contributed by atoms with Crippen LogP contribution in [0.15, 0.2) is 30.3 Å². The van der Waals surface area contributed by atoms with E-state index in [4.69, 9.17) is 14.2 Å². The summed E-state index contributed by atoms with van der Waals surface area (Å²) in [4.78, 5) is 12.3. The van der Waals surface area contributed by atoms with E-state index in [1.165, 1.54) is 5.56 Å². The Balaban J connectivity index is 2.05. The quantitative estimate of drug-likeness (QED) is 0.502. The van der Waals surface area contributed by atoms with Gasteiger partial charge >= 0.3 is 0 Å². The molecule has 152 valence electrons. The number of benzene rings is 2. The van der Waals surface area contributed by atoms with Crippen LogP contribution in [0.25, 0.3) is 22.2 Å². The van der Waals surface area contributed by atoms with Gasteiger partial charge < -0.3 is 18.8 Å². The first-order chi connectivity index (χ1) is 14.2. The van der Waals surface area contributed by atoms with Gasteiger partial charge in [-0.1, -0.05) is 19.8 Å². The molecule has 0 bridgehead atoms. The van der Waals surface area contributed by atoms with E-state index in [0.717, 1.165) is 59.9 Å². The number of carbonyl (C=O) groups is 1. The topological polar surface area (TPSA) is 49.7 Å². The van der Waals surface area contributed by atoms with Crippen molar-refractivity contribution < 1.29 is 19.0 Å². The van der Waals surface area contributed by atoms with E-state index in [2.05, 4.69) is 23.6 Å². The molecule has 2 heterocycles. The van der Waals surface area contributed by atoms with Crippen molar-refractivity contribution in [2.75, 3.05) is 21.3 Å². The number of carbonyl (C=O) groups excluding carboxylic acids is 1. The normalized spacial score (nSPS) is 15.0. The van der Waals surface area contributed by atoms with E-state index < -0.39 is 0 Å². The molecule has 0 fully saturated rings. The van der Waals surface area contributed by atoms with Gasteiger partial charge in [-0.05, 0) is 42.7 Å². The highest BCUT2D eigenvalue weighted by atomic mass is 16.5. The van der Waals surface area contributed by atoms with E-state index >= 15 is 0 Å². The second-order valence-corrected chi connectivity index (χ2v) is 7.50. The molecular formula is C24H27NO4. The fraction of sp³-hybridized carbons (Fsp3) is 0.375. The lowest BCUT2D eigenvalue weighted by Gasteiger charge is -2.30. The number of aldehydes is 1. The zero-order valence-electron chi connectivity index (χ0n) is 17.5. The van der Waals surface area contributed by atoms with Gasteiger partial charge in [-0.25, -0.2) is 0 Å². The van der Waals surface area contributed by atoms with Crippen LogP contribution >= 0.6 is 0 Å². The molecule has 0 spiro atoms. The molecule has 0 saturated carbocycles. The summed E-state index contributed by atoms with van der Waals surface area (Å²) < 4.78 is 18.8. The lowest BCUT2D eigenvalue weighted by atomic mass is 9.90. The van der Waals surface area contributed by atoms with E-state index in [0.29, 0.717) is 17.1 Å².